The lowest BCUT2D eigenvalue weighted by Crippen LogP contribution is -2.21. The molecule has 0 saturated heterocycles. The van der Waals surface area contributed by atoms with Crippen LogP contribution >= 0.6 is 0 Å². The van der Waals surface area contributed by atoms with Crippen LogP contribution in [0, 0.1) is 6.92 Å². The van der Waals surface area contributed by atoms with Gasteiger partial charge < -0.3 is 0 Å². The molecule has 0 saturated carbocycles. The van der Waals surface area contributed by atoms with Crippen LogP contribution < -0.4 is 5.56 Å². The molecule has 0 bridgehead atoms. The lowest BCUT2D eigenvalue weighted by molar-refractivity contribution is 0.787. The monoisotopic (exact) mass is 176 g/mol. The first-order valence-corrected chi connectivity index (χ1v) is 3.83. The summed E-state index contributed by atoms with van der Waals surface area (Å²) in [6.45, 7) is 1.77. The number of hydrogen-bond acceptors (Lipinski definition) is 4. The van der Waals surface area contributed by atoms with Crippen LogP contribution in [0.3, 0.4) is 0 Å². The van der Waals surface area contributed by atoms with Crippen LogP contribution in [0.2, 0.25) is 0 Å². The highest BCUT2D eigenvalue weighted by Gasteiger charge is 2.04. The molecular formula is C8H8N4O. The van der Waals surface area contributed by atoms with Crippen molar-refractivity contribution in [1.29, 1.82) is 0 Å². The van der Waals surface area contributed by atoms with Crippen molar-refractivity contribution in [1.82, 2.24) is 19.5 Å². The summed E-state index contributed by atoms with van der Waals surface area (Å²) in [5, 5.41) is 0. The van der Waals surface area contributed by atoms with Gasteiger partial charge in [-0.1, -0.05) is 0 Å². The highest BCUT2D eigenvalue weighted by atomic mass is 16.1. The molecule has 0 unspecified atom stereocenters. The Bertz CT molecular complexity index is 517. The molecule has 2 heterocycles. The van der Waals surface area contributed by atoms with Gasteiger partial charge in [0.25, 0.3) is 5.56 Å². The van der Waals surface area contributed by atoms with Crippen molar-refractivity contribution in [3.63, 3.8) is 0 Å². The molecule has 0 radical (unpaired) electrons. The number of aromatic nitrogens is 4. The van der Waals surface area contributed by atoms with Gasteiger partial charge in [-0.25, -0.2) is 15.0 Å². The fourth-order valence-corrected chi connectivity index (χ4v) is 1.12. The Kier molecular flexibility index (Phi) is 1.58. The van der Waals surface area contributed by atoms with Crippen LogP contribution in [0.15, 0.2) is 17.3 Å². The minimum atomic E-state index is -0.134. The van der Waals surface area contributed by atoms with E-state index < -0.39 is 0 Å². The zero-order valence-corrected chi connectivity index (χ0v) is 7.35. The molecule has 13 heavy (non-hydrogen) atoms. The summed E-state index contributed by atoms with van der Waals surface area (Å²) < 4.78 is 1.47. The second-order valence-electron chi connectivity index (χ2n) is 2.78. The zero-order chi connectivity index (χ0) is 9.42. The Labute approximate surface area is 74.1 Å². The van der Waals surface area contributed by atoms with Gasteiger partial charge in [0.2, 0.25) is 0 Å². The maximum absolute atomic E-state index is 11.6. The molecule has 0 aliphatic heterocycles. The summed E-state index contributed by atoms with van der Waals surface area (Å²) >= 11 is 0. The van der Waals surface area contributed by atoms with E-state index >= 15 is 0 Å². The van der Waals surface area contributed by atoms with E-state index in [1.165, 1.54) is 17.1 Å². The quantitative estimate of drug-likeness (QED) is 0.568. The van der Waals surface area contributed by atoms with Crippen molar-refractivity contribution >= 4 is 11.0 Å². The summed E-state index contributed by atoms with van der Waals surface area (Å²) in [7, 11) is 1.67. The number of hydrogen-bond donors (Lipinski definition) is 0. The normalized spacial score (nSPS) is 10.6. The van der Waals surface area contributed by atoms with E-state index in [4.69, 9.17) is 0 Å². The van der Waals surface area contributed by atoms with Crippen LogP contribution in [0.1, 0.15) is 5.82 Å². The van der Waals surface area contributed by atoms with Crippen LogP contribution in [-0.4, -0.2) is 19.5 Å². The molecule has 5 nitrogen and oxygen atoms in total. The van der Waals surface area contributed by atoms with Crippen LogP contribution in [0.4, 0.5) is 0 Å². The van der Waals surface area contributed by atoms with E-state index in [9.17, 15) is 4.79 Å². The molecule has 66 valence electrons. The minimum absolute atomic E-state index is 0.134. The molecule has 0 aliphatic rings. The molecule has 0 N–H and O–H groups in total. The molecule has 0 fully saturated rings. The van der Waals surface area contributed by atoms with Crippen molar-refractivity contribution < 1.29 is 0 Å². The predicted octanol–water partition coefficient (Wildman–Crippen LogP) is 0.0319. The SMILES string of the molecule is Cc1nc2cncnc2c(=O)n1C. The van der Waals surface area contributed by atoms with Gasteiger partial charge in [0.05, 0.1) is 6.20 Å². The molecule has 2 aromatic heterocycles. The van der Waals surface area contributed by atoms with Crippen LogP contribution in [-0.2, 0) is 7.05 Å². The van der Waals surface area contributed by atoms with E-state index in [0.717, 1.165) is 0 Å². The van der Waals surface area contributed by atoms with Gasteiger partial charge in [-0.2, -0.15) is 0 Å². The maximum atomic E-state index is 11.6. The number of nitrogens with zero attached hydrogens (tertiary/aromatic N) is 4. The first-order chi connectivity index (χ1) is 6.20. The van der Waals surface area contributed by atoms with Crippen molar-refractivity contribution in [2.45, 2.75) is 6.92 Å². The van der Waals surface area contributed by atoms with Gasteiger partial charge in [-0.05, 0) is 6.92 Å². The van der Waals surface area contributed by atoms with Crippen LogP contribution in [0.25, 0.3) is 11.0 Å². The Morgan fingerprint density at radius 1 is 1.46 bits per heavy atom. The standard InChI is InChI=1S/C8H8N4O/c1-5-11-6-3-9-4-10-7(6)8(13)12(5)2/h3-4H,1-2H3. The molecule has 0 aliphatic carbocycles. The van der Waals surface area contributed by atoms with Crippen LogP contribution in [0.5, 0.6) is 0 Å². The Morgan fingerprint density at radius 2 is 2.23 bits per heavy atom. The molecule has 2 rings (SSSR count). The largest absolute Gasteiger partial charge is 0.298 e. The first kappa shape index (κ1) is 7.85. The summed E-state index contributed by atoms with van der Waals surface area (Å²) in [5.41, 5.74) is 0.774. The van der Waals surface area contributed by atoms with Crippen molar-refractivity contribution in [3.8, 4) is 0 Å². The van der Waals surface area contributed by atoms with E-state index in [1.807, 2.05) is 0 Å². The average molecular weight is 176 g/mol. The molecule has 2 aromatic rings. The van der Waals surface area contributed by atoms with Gasteiger partial charge in [0.15, 0.2) is 5.52 Å². The zero-order valence-electron chi connectivity index (χ0n) is 7.35. The van der Waals surface area contributed by atoms with E-state index in [0.29, 0.717) is 16.9 Å². The van der Waals surface area contributed by atoms with Gasteiger partial charge >= 0.3 is 0 Å². The number of aryl methyl sites for hydroxylation is 1. The third kappa shape index (κ3) is 1.09. The van der Waals surface area contributed by atoms with E-state index in [1.54, 1.807) is 14.0 Å². The van der Waals surface area contributed by atoms with Crippen molar-refractivity contribution in [2.75, 3.05) is 0 Å². The topological polar surface area (TPSA) is 60.7 Å². The Morgan fingerprint density at radius 3 is 3.00 bits per heavy atom. The second-order valence-corrected chi connectivity index (χ2v) is 2.78. The highest BCUT2D eigenvalue weighted by molar-refractivity contribution is 5.71. The van der Waals surface area contributed by atoms with Gasteiger partial charge in [0, 0.05) is 7.05 Å². The van der Waals surface area contributed by atoms with Crippen molar-refractivity contribution in [3.05, 3.63) is 28.7 Å². The van der Waals surface area contributed by atoms with Crippen molar-refractivity contribution in [2.24, 2.45) is 7.05 Å². The molecule has 0 atom stereocenters. The predicted molar refractivity (Wildman–Crippen MR) is 47.3 cm³/mol. The average Bonchev–Trinajstić information content (AvgIpc) is 2.15. The van der Waals surface area contributed by atoms with E-state index in [-0.39, 0.29) is 5.56 Å². The Balaban J connectivity index is 3.03. The first-order valence-electron chi connectivity index (χ1n) is 3.83. The summed E-state index contributed by atoms with van der Waals surface area (Å²) in [6.07, 6.45) is 2.89. The highest BCUT2D eigenvalue weighted by Crippen LogP contribution is 2.00. The van der Waals surface area contributed by atoms with E-state index in [2.05, 4.69) is 15.0 Å². The summed E-state index contributed by atoms with van der Waals surface area (Å²) in [5.74, 6) is 0.660. The maximum Gasteiger partial charge on any atom is 0.279 e. The molecule has 0 spiro atoms. The third-order valence-corrected chi connectivity index (χ3v) is 1.97. The fourth-order valence-electron chi connectivity index (χ4n) is 1.12. The fraction of sp³-hybridized carbons (Fsp3) is 0.250. The molecule has 0 aromatic carbocycles. The lowest BCUT2D eigenvalue weighted by atomic mass is 10.4. The minimum Gasteiger partial charge on any atom is -0.298 e. The number of rotatable bonds is 0. The van der Waals surface area contributed by atoms with Gasteiger partial charge in [0.1, 0.15) is 17.7 Å². The smallest absolute Gasteiger partial charge is 0.279 e. The molecular weight excluding hydrogens is 168 g/mol. The second kappa shape index (κ2) is 2.62. The van der Waals surface area contributed by atoms with Gasteiger partial charge in [-0.3, -0.25) is 9.36 Å². The summed E-state index contributed by atoms with van der Waals surface area (Å²) in [6, 6.07) is 0. The Hall–Kier alpha value is -1.78. The van der Waals surface area contributed by atoms with Gasteiger partial charge in [-0.15, -0.1) is 0 Å². The molecule has 0 amide bonds. The third-order valence-electron chi connectivity index (χ3n) is 1.97. The lowest BCUT2D eigenvalue weighted by Gasteiger charge is -2.02. The summed E-state index contributed by atoms with van der Waals surface area (Å²) in [4.78, 5) is 23.4. The molecule has 5 heteroatoms. The number of fused-ring (bicyclic) bond motifs is 1.